The van der Waals surface area contributed by atoms with Crippen molar-refractivity contribution in [2.24, 2.45) is 0 Å². The minimum absolute atomic E-state index is 0.0777. The predicted molar refractivity (Wildman–Crippen MR) is 146 cm³/mol. The first-order valence-electron chi connectivity index (χ1n) is 12.1. The number of carbonyl (C=O) groups is 3. The first-order valence-corrected chi connectivity index (χ1v) is 12.1. The molecule has 4 N–H and O–H groups in total. The number of ether oxygens (including phenoxy) is 1. The fraction of sp³-hybridized carbons (Fsp3) is 0.103. The summed E-state index contributed by atoms with van der Waals surface area (Å²) in [6.07, 6.45) is -0.707. The molecule has 5 aromatic rings. The van der Waals surface area contributed by atoms with Gasteiger partial charge in [0.1, 0.15) is 5.52 Å². The number of hydrogen-bond acceptors (Lipinski definition) is 6. The molecule has 0 saturated heterocycles. The average molecular weight is 524 g/mol. The second-order valence-electron chi connectivity index (χ2n) is 9.21. The number of furan rings is 1. The summed E-state index contributed by atoms with van der Waals surface area (Å²) >= 11 is 0. The van der Waals surface area contributed by atoms with Gasteiger partial charge in [-0.1, -0.05) is 60.7 Å². The van der Waals surface area contributed by atoms with Crippen molar-refractivity contribution in [2.45, 2.75) is 19.4 Å². The van der Waals surface area contributed by atoms with Crippen molar-refractivity contribution in [3.05, 3.63) is 108 Å². The topological polar surface area (TPSA) is 138 Å². The Balaban J connectivity index is 1.28. The van der Waals surface area contributed by atoms with Crippen LogP contribution in [0.1, 0.15) is 40.1 Å². The van der Waals surface area contributed by atoms with Gasteiger partial charge in [-0.05, 0) is 43.7 Å². The summed E-state index contributed by atoms with van der Waals surface area (Å²) in [7, 11) is 0. The third-order valence-electron chi connectivity index (χ3n) is 6.00. The van der Waals surface area contributed by atoms with Crippen LogP contribution in [0.25, 0.3) is 11.1 Å². The largest absolute Gasteiger partial charge is 0.419 e. The monoisotopic (exact) mass is 523 g/mol. The van der Waals surface area contributed by atoms with Gasteiger partial charge in [0, 0.05) is 11.6 Å². The SMILES string of the molecule is CC(C)(NC(=O)Oc1cc2[nH]nc(NC(=O)c3ccccc3NC(=O)c3ccccc3)c2o1)c1ccccc1. The summed E-state index contributed by atoms with van der Waals surface area (Å²) in [6, 6.07) is 26.2. The molecule has 0 bridgehead atoms. The van der Waals surface area contributed by atoms with Gasteiger partial charge in [0.15, 0.2) is 5.82 Å². The highest BCUT2D eigenvalue weighted by Gasteiger charge is 2.25. The molecule has 0 spiro atoms. The number of hydrogen-bond donors (Lipinski definition) is 4. The van der Waals surface area contributed by atoms with E-state index in [1.165, 1.54) is 6.07 Å². The van der Waals surface area contributed by atoms with Crippen LogP contribution in [0.3, 0.4) is 0 Å². The number of benzene rings is 3. The van der Waals surface area contributed by atoms with Crippen LogP contribution in [-0.4, -0.2) is 28.1 Å². The number of rotatable bonds is 7. The number of amides is 3. The molecule has 3 amide bonds. The third kappa shape index (κ3) is 5.64. The lowest BCUT2D eigenvalue weighted by Gasteiger charge is -2.25. The molecule has 10 nitrogen and oxygen atoms in total. The lowest BCUT2D eigenvalue weighted by molar-refractivity contribution is 0.102. The van der Waals surface area contributed by atoms with E-state index in [0.29, 0.717) is 16.8 Å². The molecule has 196 valence electrons. The maximum Gasteiger partial charge on any atom is 0.415 e. The molecule has 0 radical (unpaired) electrons. The Hall–Kier alpha value is -5.38. The van der Waals surface area contributed by atoms with Crippen molar-refractivity contribution in [3.63, 3.8) is 0 Å². The third-order valence-corrected chi connectivity index (χ3v) is 6.00. The van der Waals surface area contributed by atoms with Gasteiger partial charge in [0.05, 0.1) is 16.8 Å². The zero-order valence-electron chi connectivity index (χ0n) is 21.1. The Morgan fingerprint density at radius 3 is 2.26 bits per heavy atom. The summed E-state index contributed by atoms with van der Waals surface area (Å²) in [5, 5.41) is 15.1. The van der Waals surface area contributed by atoms with Crippen LogP contribution in [0.2, 0.25) is 0 Å². The van der Waals surface area contributed by atoms with Gasteiger partial charge in [-0.3, -0.25) is 14.7 Å². The van der Waals surface area contributed by atoms with Crippen molar-refractivity contribution in [1.82, 2.24) is 15.5 Å². The van der Waals surface area contributed by atoms with E-state index in [-0.39, 0.29) is 28.8 Å². The van der Waals surface area contributed by atoms with Gasteiger partial charge >= 0.3 is 6.09 Å². The van der Waals surface area contributed by atoms with Crippen molar-refractivity contribution in [1.29, 1.82) is 0 Å². The summed E-state index contributed by atoms with van der Waals surface area (Å²) < 4.78 is 11.0. The van der Waals surface area contributed by atoms with Gasteiger partial charge in [-0.2, -0.15) is 5.10 Å². The Labute approximate surface area is 223 Å². The molecule has 0 atom stereocenters. The summed E-state index contributed by atoms with van der Waals surface area (Å²) in [6.45, 7) is 3.71. The molecule has 0 aliphatic rings. The number of aromatic amines is 1. The summed E-state index contributed by atoms with van der Waals surface area (Å²) in [5.74, 6) is -0.849. The molecule has 0 fully saturated rings. The van der Waals surface area contributed by atoms with Crippen LogP contribution in [0, 0.1) is 0 Å². The highest BCUT2D eigenvalue weighted by molar-refractivity contribution is 6.13. The first-order chi connectivity index (χ1) is 18.8. The number of fused-ring (bicyclic) bond motifs is 1. The van der Waals surface area contributed by atoms with E-state index in [1.54, 1.807) is 48.5 Å². The first kappa shape index (κ1) is 25.3. The zero-order chi connectivity index (χ0) is 27.4. The molecule has 10 heteroatoms. The molecule has 0 unspecified atom stereocenters. The Kier molecular flexibility index (Phi) is 6.83. The maximum atomic E-state index is 13.1. The number of carbonyl (C=O) groups excluding carboxylic acids is 3. The fourth-order valence-electron chi connectivity index (χ4n) is 3.98. The van der Waals surface area contributed by atoms with Gasteiger partial charge in [-0.15, -0.1) is 0 Å². The summed E-state index contributed by atoms with van der Waals surface area (Å²) in [5.41, 5.74) is 1.85. The van der Waals surface area contributed by atoms with E-state index in [4.69, 9.17) is 9.15 Å². The minimum Gasteiger partial charge on any atom is -0.419 e. The predicted octanol–water partition coefficient (Wildman–Crippen LogP) is 5.68. The van der Waals surface area contributed by atoms with Crippen LogP contribution in [0.4, 0.5) is 16.3 Å². The number of anilines is 2. The molecule has 5 rings (SSSR count). The highest BCUT2D eigenvalue weighted by Crippen LogP contribution is 2.30. The number of nitrogens with one attached hydrogen (secondary N) is 4. The second kappa shape index (κ2) is 10.5. The maximum absolute atomic E-state index is 13.1. The number of nitrogens with zero attached hydrogens (tertiary/aromatic N) is 1. The van der Waals surface area contributed by atoms with E-state index in [1.807, 2.05) is 50.2 Å². The number of para-hydroxylation sites is 1. The van der Waals surface area contributed by atoms with Crippen LogP contribution in [0.5, 0.6) is 5.95 Å². The van der Waals surface area contributed by atoms with Crippen LogP contribution < -0.4 is 20.7 Å². The molecule has 3 aromatic carbocycles. The smallest absolute Gasteiger partial charge is 0.415 e. The molecule has 0 saturated carbocycles. The van der Waals surface area contributed by atoms with E-state index in [9.17, 15) is 14.4 Å². The fourth-order valence-corrected chi connectivity index (χ4v) is 3.98. The zero-order valence-corrected chi connectivity index (χ0v) is 21.1. The lowest BCUT2D eigenvalue weighted by Crippen LogP contribution is -2.42. The molecule has 2 aromatic heterocycles. The molecule has 0 aliphatic heterocycles. The molecule has 2 heterocycles. The number of H-pyrrole nitrogens is 1. The standard InChI is InChI=1S/C29H25N5O5/c1-29(2,19-13-7-4-8-14-19)32-28(37)39-23-17-22-24(38-23)25(34-33-22)31-27(36)20-15-9-10-16-21(20)30-26(35)18-11-5-3-6-12-18/h3-17H,1-2H3,(H,30,35)(H,32,37)(H2,31,33,34,36). The van der Waals surface area contributed by atoms with Gasteiger partial charge in [0.25, 0.3) is 17.8 Å². The second-order valence-corrected chi connectivity index (χ2v) is 9.21. The van der Waals surface area contributed by atoms with Gasteiger partial charge < -0.3 is 25.1 Å². The molecule has 0 aliphatic carbocycles. The van der Waals surface area contributed by atoms with Crippen molar-refractivity contribution in [2.75, 3.05) is 10.6 Å². The van der Waals surface area contributed by atoms with E-state index in [2.05, 4.69) is 26.1 Å². The minimum atomic E-state index is -0.707. The molecule has 39 heavy (non-hydrogen) atoms. The van der Waals surface area contributed by atoms with E-state index in [0.717, 1.165) is 5.56 Å². The van der Waals surface area contributed by atoms with Crippen LogP contribution >= 0.6 is 0 Å². The van der Waals surface area contributed by atoms with Crippen LogP contribution in [-0.2, 0) is 5.54 Å². The molecular weight excluding hydrogens is 498 g/mol. The van der Waals surface area contributed by atoms with Crippen molar-refractivity contribution >= 4 is 40.5 Å². The van der Waals surface area contributed by atoms with Gasteiger partial charge in [0.2, 0.25) is 5.58 Å². The molecular formula is C29H25N5O5. The quantitative estimate of drug-likeness (QED) is 0.216. The number of aromatic nitrogens is 2. The highest BCUT2D eigenvalue weighted by atomic mass is 16.6. The van der Waals surface area contributed by atoms with E-state index >= 15 is 0 Å². The summed E-state index contributed by atoms with van der Waals surface area (Å²) in [4.78, 5) is 38.3. The Bertz CT molecular complexity index is 1640. The van der Waals surface area contributed by atoms with Gasteiger partial charge in [-0.25, -0.2) is 4.79 Å². The van der Waals surface area contributed by atoms with Crippen molar-refractivity contribution < 1.29 is 23.5 Å². The Morgan fingerprint density at radius 2 is 1.51 bits per heavy atom. The van der Waals surface area contributed by atoms with Crippen LogP contribution in [0.15, 0.2) is 95.4 Å². The van der Waals surface area contributed by atoms with Crippen molar-refractivity contribution in [3.8, 4) is 5.95 Å². The normalized spacial score (nSPS) is 11.1. The Morgan fingerprint density at radius 1 is 0.846 bits per heavy atom. The lowest BCUT2D eigenvalue weighted by atomic mass is 9.95. The van der Waals surface area contributed by atoms with E-state index < -0.39 is 17.5 Å². The average Bonchev–Trinajstić information content (AvgIpc) is 3.50.